The van der Waals surface area contributed by atoms with Crippen LogP contribution in [0.1, 0.15) is 32.4 Å². The molecule has 0 aliphatic carbocycles. The summed E-state index contributed by atoms with van der Waals surface area (Å²) >= 11 is 1.09. The highest BCUT2D eigenvalue weighted by atomic mass is 32.2. The highest BCUT2D eigenvalue weighted by Crippen LogP contribution is 2.29. The van der Waals surface area contributed by atoms with Crippen molar-refractivity contribution in [3.63, 3.8) is 0 Å². The van der Waals surface area contributed by atoms with Crippen LogP contribution in [0.4, 0.5) is 5.13 Å². The van der Waals surface area contributed by atoms with Crippen molar-refractivity contribution in [2.24, 2.45) is 17.0 Å². The van der Waals surface area contributed by atoms with E-state index in [-0.39, 0.29) is 10.3 Å². The molecule has 0 bridgehead atoms. The maximum atomic E-state index is 11.4. The molecule has 2 atom stereocenters. The fourth-order valence-electron chi connectivity index (χ4n) is 2.76. The molecule has 1 aromatic rings. The molecule has 2 rings (SSSR count). The number of sulfonamides is 1. The zero-order chi connectivity index (χ0) is 15.6. The Bertz CT molecular complexity index is 583. The number of rotatable bonds is 5. The van der Waals surface area contributed by atoms with E-state index in [1.165, 1.54) is 0 Å². The van der Waals surface area contributed by atoms with E-state index in [1.54, 1.807) is 6.92 Å². The standard InChI is InChI=1S/C13H23N3O3S2/c1-8(2)11-10(5-4-6-19-11)7-15-13-16-9(3)12(20-13)21(14,17)18/h8,10-11H,4-7H2,1-3H3,(H,15,16)(H2,14,17,18)/t10-,11+/m1/s1. The van der Waals surface area contributed by atoms with Crippen molar-refractivity contribution in [1.82, 2.24) is 4.98 Å². The van der Waals surface area contributed by atoms with Crippen molar-refractivity contribution in [3.8, 4) is 0 Å². The third-order valence-corrected chi connectivity index (χ3v) is 6.35. The number of hydrogen-bond acceptors (Lipinski definition) is 6. The van der Waals surface area contributed by atoms with Crippen LogP contribution in [-0.2, 0) is 14.8 Å². The molecule has 0 aromatic carbocycles. The molecule has 1 aromatic heterocycles. The van der Waals surface area contributed by atoms with Gasteiger partial charge in [-0.05, 0) is 25.7 Å². The Morgan fingerprint density at radius 1 is 1.52 bits per heavy atom. The van der Waals surface area contributed by atoms with Gasteiger partial charge in [0.05, 0.1) is 11.8 Å². The number of nitrogens with zero attached hydrogens (tertiary/aromatic N) is 1. The topological polar surface area (TPSA) is 94.3 Å². The summed E-state index contributed by atoms with van der Waals surface area (Å²) < 4.78 is 28.8. The molecule has 1 saturated heterocycles. The van der Waals surface area contributed by atoms with Crippen LogP contribution in [0.25, 0.3) is 0 Å². The Balaban J connectivity index is 2.02. The normalized spacial score (nSPS) is 23.5. The molecule has 1 aliphatic rings. The largest absolute Gasteiger partial charge is 0.378 e. The summed E-state index contributed by atoms with van der Waals surface area (Å²) in [4.78, 5) is 4.24. The molecular formula is C13H23N3O3S2. The monoisotopic (exact) mass is 333 g/mol. The molecule has 0 radical (unpaired) electrons. The third kappa shape index (κ3) is 4.15. The number of nitrogens with one attached hydrogen (secondary N) is 1. The number of ether oxygens (including phenoxy) is 1. The van der Waals surface area contributed by atoms with E-state index in [1.807, 2.05) is 0 Å². The van der Waals surface area contributed by atoms with E-state index >= 15 is 0 Å². The lowest BCUT2D eigenvalue weighted by Crippen LogP contribution is -2.37. The predicted octanol–water partition coefficient (Wildman–Crippen LogP) is 1.96. The van der Waals surface area contributed by atoms with Gasteiger partial charge in [0.1, 0.15) is 0 Å². The first-order chi connectivity index (χ1) is 9.79. The minimum Gasteiger partial charge on any atom is -0.378 e. The first-order valence-corrected chi connectivity index (χ1v) is 9.51. The van der Waals surface area contributed by atoms with Crippen molar-refractivity contribution >= 4 is 26.5 Å². The van der Waals surface area contributed by atoms with Crippen LogP contribution in [0.15, 0.2) is 4.21 Å². The SMILES string of the molecule is Cc1nc(NC[C@H]2CCCO[C@H]2C(C)C)sc1S(N)(=O)=O. The van der Waals surface area contributed by atoms with Crippen molar-refractivity contribution in [2.75, 3.05) is 18.5 Å². The lowest BCUT2D eigenvalue weighted by Gasteiger charge is -2.34. The van der Waals surface area contributed by atoms with E-state index in [2.05, 4.69) is 24.1 Å². The summed E-state index contributed by atoms with van der Waals surface area (Å²) in [5.74, 6) is 0.885. The molecule has 1 fully saturated rings. The average molecular weight is 333 g/mol. The molecule has 21 heavy (non-hydrogen) atoms. The van der Waals surface area contributed by atoms with Gasteiger partial charge in [0.15, 0.2) is 9.34 Å². The number of primary sulfonamides is 1. The van der Waals surface area contributed by atoms with Gasteiger partial charge in [0.2, 0.25) is 10.0 Å². The number of hydrogen-bond donors (Lipinski definition) is 2. The van der Waals surface area contributed by atoms with E-state index in [9.17, 15) is 8.42 Å². The molecule has 0 saturated carbocycles. The van der Waals surface area contributed by atoms with Gasteiger partial charge in [-0.25, -0.2) is 18.5 Å². The van der Waals surface area contributed by atoms with Gasteiger partial charge < -0.3 is 10.1 Å². The van der Waals surface area contributed by atoms with E-state index in [0.717, 1.165) is 37.3 Å². The van der Waals surface area contributed by atoms with Crippen molar-refractivity contribution in [1.29, 1.82) is 0 Å². The fraction of sp³-hybridized carbons (Fsp3) is 0.769. The summed E-state index contributed by atoms with van der Waals surface area (Å²) in [6, 6.07) is 0. The summed E-state index contributed by atoms with van der Waals surface area (Å²) in [5, 5.41) is 9.01. The van der Waals surface area contributed by atoms with Crippen molar-refractivity contribution in [3.05, 3.63) is 5.69 Å². The minimum absolute atomic E-state index is 0.130. The smallest absolute Gasteiger partial charge is 0.249 e. The highest BCUT2D eigenvalue weighted by Gasteiger charge is 2.28. The Morgan fingerprint density at radius 3 is 2.81 bits per heavy atom. The molecule has 3 N–H and O–H groups in total. The van der Waals surface area contributed by atoms with Gasteiger partial charge in [-0.3, -0.25) is 0 Å². The number of aromatic nitrogens is 1. The average Bonchev–Trinajstić information content (AvgIpc) is 2.78. The minimum atomic E-state index is -3.69. The van der Waals surface area contributed by atoms with Crippen LogP contribution in [0.5, 0.6) is 0 Å². The van der Waals surface area contributed by atoms with Crippen LogP contribution >= 0.6 is 11.3 Å². The van der Waals surface area contributed by atoms with Gasteiger partial charge in [-0.2, -0.15) is 0 Å². The summed E-state index contributed by atoms with van der Waals surface area (Å²) in [6.45, 7) is 7.54. The number of nitrogens with two attached hydrogens (primary N) is 1. The third-order valence-electron chi connectivity index (χ3n) is 3.68. The zero-order valence-electron chi connectivity index (χ0n) is 12.6. The number of thiazole rings is 1. The second-order valence-corrected chi connectivity index (χ2v) is 8.56. The van der Waals surface area contributed by atoms with E-state index in [4.69, 9.17) is 9.88 Å². The van der Waals surface area contributed by atoms with Crippen LogP contribution in [0, 0.1) is 18.8 Å². The molecule has 0 spiro atoms. The highest BCUT2D eigenvalue weighted by molar-refractivity contribution is 7.91. The van der Waals surface area contributed by atoms with Crippen LogP contribution in [-0.4, -0.2) is 32.7 Å². The number of anilines is 1. The second-order valence-electron chi connectivity index (χ2n) is 5.80. The summed E-state index contributed by atoms with van der Waals surface area (Å²) in [7, 11) is -3.69. The van der Waals surface area contributed by atoms with Crippen LogP contribution in [0.3, 0.4) is 0 Å². The predicted molar refractivity (Wildman–Crippen MR) is 84.0 cm³/mol. The van der Waals surface area contributed by atoms with Gasteiger partial charge in [0, 0.05) is 19.1 Å². The Kier molecular flexibility index (Phi) is 5.24. The van der Waals surface area contributed by atoms with Gasteiger partial charge in [-0.1, -0.05) is 25.2 Å². The molecule has 8 heteroatoms. The van der Waals surface area contributed by atoms with Crippen molar-refractivity contribution < 1.29 is 13.2 Å². The Hall–Kier alpha value is -0.700. The summed E-state index contributed by atoms with van der Waals surface area (Å²) in [6.07, 6.45) is 2.42. The second kappa shape index (κ2) is 6.60. The molecule has 0 unspecified atom stereocenters. The van der Waals surface area contributed by atoms with Gasteiger partial charge >= 0.3 is 0 Å². The van der Waals surface area contributed by atoms with Crippen LogP contribution < -0.4 is 10.5 Å². The molecule has 6 nitrogen and oxygen atoms in total. The molecule has 1 aliphatic heterocycles. The molecular weight excluding hydrogens is 310 g/mol. The van der Waals surface area contributed by atoms with E-state index in [0.29, 0.717) is 22.7 Å². The molecule has 120 valence electrons. The Morgan fingerprint density at radius 2 is 2.24 bits per heavy atom. The molecule has 2 heterocycles. The quantitative estimate of drug-likeness (QED) is 0.859. The maximum absolute atomic E-state index is 11.4. The first-order valence-electron chi connectivity index (χ1n) is 7.14. The zero-order valence-corrected chi connectivity index (χ0v) is 14.3. The Labute approximate surface area is 130 Å². The first kappa shape index (κ1) is 16.7. The lowest BCUT2D eigenvalue weighted by atomic mass is 9.87. The number of aryl methyl sites for hydroxylation is 1. The fourth-order valence-corrected chi connectivity index (χ4v) is 4.63. The van der Waals surface area contributed by atoms with Crippen LogP contribution in [0.2, 0.25) is 0 Å². The van der Waals surface area contributed by atoms with Crippen molar-refractivity contribution in [2.45, 2.75) is 43.9 Å². The summed E-state index contributed by atoms with van der Waals surface area (Å²) in [5.41, 5.74) is 0.449. The lowest BCUT2D eigenvalue weighted by molar-refractivity contribution is -0.0480. The van der Waals surface area contributed by atoms with Gasteiger partial charge in [-0.15, -0.1) is 0 Å². The molecule has 0 amide bonds. The van der Waals surface area contributed by atoms with E-state index < -0.39 is 10.0 Å². The van der Waals surface area contributed by atoms with Gasteiger partial charge in [0.25, 0.3) is 0 Å². The maximum Gasteiger partial charge on any atom is 0.249 e.